The highest BCUT2D eigenvalue weighted by Crippen LogP contribution is 2.27. The van der Waals surface area contributed by atoms with E-state index in [2.05, 4.69) is 11.3 Å². The highest BCUT2D eigenvalue weighted by atomic mass is 35.5. The summed E-state index contributed by atoms with van der Waals surface area (Å²) in [5, 5.41) is 0.132. The summed E-state index contributed by atoms with van der Waals surface area (Å²) in [4.78, 5) is 0. The Morgan fingerprint density at radius 2 is 2.18 bits per heavy atom. The SMILES string of the molecule is C=C(Cl)CNS(=O)(=O)C1CC1. The van der Waals surface area contributed by atoms with Crippen molar-refractivity contribution in [3.05, 3.63) is 11.6 Å². The first-order valence-electron chi connectivity index (χ1n) is 3.34. The van der Waals surface area contributed by atoms with Gasteiger partial charge in [0.15, 0.2) is 0 Å². The van der Waals surface area contributed by atoms with E-state index in [0.29, 0.717) is 5.03 Å². The first-order chi connectivity index (χ1) is 5.02. The zero-order chi connectivity index (χ0) is 8.48. The molecule has 64 valence electrons. The van der Waals surface area contributed by atoms with Gasteiger partial charge in [0.25, 0.3) is 0 Å². The average molecular weight is 196 g/mol. The van der Waals surface area contributed by atoms with Crippen LogP contribution in [-0.2, 0) is 10.0 Å². The van der Waals surface area contributed by atoms with Crippen molar-refractivity contribution in [3.63, 3.8) is 0 Å². The molecule has 0 unspecified atom stereocenters. The van der Waals surface area contributed by atoms with Gasteiger partial charge < -0.3 is 0 Å². The molecule has 0 bridgehead atoms. The van der Waals surface area contributed by atoms with Crippen molar-refractivity contribution in [1.82, 2.24) is 4.72 Å². The molecule has 0 spiro atoms. The minimum absolute atomic E-state index is 0.139. The molecule has 0 radical (unpaired) electrons. The Hall–Kier alpha value is -0.0600. The summed E-state index contributed by atoms with van der Waals surface area (Å²) in [6, 6.07) is 0. The highest BCUT2D eigenvalue weighted by Gasteiger charge is 2.35. The van der Waals surface area contributed by atoms with Crippen molar-refractivity contribution in [1.29, 1.82) is 0 Å². The zero-order valence-corrected chi connectivity index (χ0v) is 7.58. The van der Waals surface area contributed by atoms with Crippen molar-refractivity contribution >= 4 is 21.6 Å². The molecular formula is C6H10ClNO2S. The summed E-state index contributed by atoms with van der Waals surface area (Å²) < 4.78 is 24.5. The van der Waals surface area contributed by atoms with Crippen molar-refractivity contribution < 1.29 is 8.42 Å². The van der Waals surface area contributed by atoms with E-state index in [0.717, 1.165) is 12.8 Å². The Kier molecular flexibility index (Phi) is 2.57. The molecular weight excluding hydrogens is 186 g/mol. The lowest BCUT2D eigenvalue weighted by molar-refractivity contribution is 0.584. The fourth-order valence-electron chi connectivity index (χ4n) is 0.675. The fraction of sp³-hybridized carbons (Fsp3) is 0.667. The van der Waals surface area contributed by atoms with Gasteiger partial charge in [-0.2, -0.15) is 0 Å². The summed E-state index contributed by atoms with van der Waals surface area (Å²) >= 11 is 5.39. The molecule has 1 aliphatic carbocycles. The smallest absolute Gasteiger partial charge is 0.212 e. The summed E-state index contributed by atoms with van der Waals surface area (Å²) in [7, 11) is -3.08. The van der Waals surface area contributed by atoms with Gasteiger partial charge in [-0.25, -0.2) is 13.1 Å². The van der Waals surface area contributed by atoms with Crippen LogP contribution >= 0.6 is 11.6 Å². The molecule has 5 heteroatoms. The minimum Gasteiger partial charge on any atom is -0.212 e. The number of rotatable bonds is 4. The molecule has 11 heavy (non-hydrogen) atoms. The highest BCUT2D eigenvalue weighted by molar-refractivity contribution is 7.90. The Labute approximate surface area is 71.5 Å². The second-order valence-electron chi connectivity index (χ2n) is 2.58. The lowest BCUT2D eigenvalue weighted by Crippen LogP contribution is -2.28. The van der Waals surface area contributed by atoms with Gasteiger partial charge in [0.1, 0.15) is 0 Å². The molecule has 1 rings (SSSR count). The first-order valence-corrected chi connectivity index (χ1v) is 5.26. The molecule has 1 aliphatic rings. The van der Waals surface area contributed by atoms with Gasteiger partial charge in [0.05, 0.1) is 5.25 Å². The van der Waals surface area contributed by atoms with E-state index in [4.69, 9.17) is 11.6 Å². The van der Waals surface area contributed by atoms with E-state index in [9.17, 15) is 8.42 Å². The van der Waals surface area contributed by atoms with Crippen molar-refractivity contribution in [3.8, 4) is 0 Å². The largest absolute Gasteiger partial charge is 0.214 e. The topological polar surface area (TPSA) is 46.2 Å². The van der Waals surface area contributed by atoms with Crippen LogP contribution in [0.15, 0.2) is 11.6 Å². The number of hydrogen-bond donors (Lipinski definition) is 1. The minimum atomic E-state index is -3.08. The van der Waals surface area contributed by atoms with Gasteiger partial charge in [0, 0.05) is 11.6 Å². The predicted molar refractivity (Wildman–Crippen MR) is 44.9 cm³/mol. The van der Waals surface area contributed by atoms with E-state index in [1.54, 1.807) is 0 Å². The zero-order valence-electron chi connectivity index (χ0n) is 6.01. The molecule has 0 atom stereocenters. The molecule has 0 saturated heterocycles. The van der Waals surface area contributed by atoms with Crippen LogP contribution in [0.1, 0.15) is 12.8 Å². The lowest BCUT2D eigenvalue weighted by Gasteiger charge is -2.02. The van der Waals surface area contributed by atoms with E-state index >= 15 is 0 Å². The predicted octanol–water partition coefficient (Wildman–Crippen LogP) is 0.821. The van der Waals surface area contributed by atoms with Crippen LogP contribution in [0.25, 0.3) is 0 Å². The van der Waals surface area contributed by atoms with Gasteiger partial charge in [-0.05, 0) is 12.8 Å². The van der Waals surface area contributed by atoms with Gasteiger partial charge >= 0.3 is 0 Å². The van der Waals surface area contributed by atoms with Gasteiger partial charge in [-0.3, -0.25) is 0 Å². The summed E-state index contributed by atoms with van der Waals surface area (Å²) in [5.41, 5.74) is 0. The molecule has 0 aromatic heterocycles. The molecule has 1 saturated carbocycles. The van der Waals surface area contributed by atoms with Crippen LogP contribution in [-0.4, -0.2) is 20.2 Å². The molecule has 0 aromatic rings. The lowest BCUT2D eigenvalue weighted by atomic mass is 10.7. The Bertz CT molecular complexity index is 256. The third-order valence-corrected chi connectivity index (χ3v) is 3.46. The van der Waals surface area contributed by atoms with E-state index in [1.807, 2.05) is 0 Å². The van der Waals surface area contributed by atoms with Crippen LogP contribution in [0.4, 0.5) is 0 Å². The van der Waals surface area contributed by atoms with E-state index in [-0.39, 0.29) is 11.8 Å². The summed E-state index contributed by atoms with van der Waals surface area (Å²) in [5.74, 6) is 0. The Morgan fingerprint density at radius 1 is 1.64 bits per heavy atom. The summed E-state index contributed by atoms with van der Waals surface area (Å²) in [6.07, 6.45) is 1.54. The van der Waals surface area contributed by atoms with E-state index in [1.165, 1.54) is 0 Å². The number of halogens is 1. The van der Waals surface area contributed by atoms with Crippen molar-refractivity contribution in [2.45, 2.75) is 18.1 Å². The summed E-state index contributed by atoms with van der Waals surface area (Å²) in [6.45, 7) is 3.52. The molecule has 1 N–H and O–H groups in total. The Balaban J connectivity index is 2.40. The average Bonchev–Trinajstić information content (AvgIpc) is 2.64. The second kappa shape index (κ2) is 3.13. The molecule has 0 heterocycles. The molecule has 1 fully saturated rings. The number of sulfonamides is 1. The standard InChI is InChI=1S/C6H10ClNO2S/c1-5(7)4-8-11(9,10)6-2-3-6/h6,8H,1-4H2. The maximum absolute atomic E-state index is 11.1. The second-order valence-corrected chi connectivity index (χ2v) is 5.16. The van der Waals surface area contributed by atoms with E-state index < -0.39 is 10.0 Å². The van der Waals surface area contributed by atoms with Gasteiger partial charge in [-0.1, -0.05) is 18.2 Å². The normalized spacial score (nSPS) is 18.3. The van der Waals surface area contributed by atoms with Gasteiger partial charge in [-0.15, -0.1) is 0 Å². The fourth-order valence-corrected chi connectivity index (χ4v) is 2.19. The quantitative estimate of drug-likeness (QED) is 0.722. The maximum atomic E-state index is 11.1. The van der Waals surface area contributed by atoms with Crippen LogP contribution in [0, 0.1) is 0 Å². The molecule has 0 aromatic carbocycles. The Morgan fingerprint density at radius 3 is 2.55 bits per heavy atom. The van der Waals surface area contributed by atoms with Gasteiger partial charge in [0.2, 0.25) is 10.0 Å². The van der Waals surface area contributed by atoms with Crippen LogP contribution in [0.2, 0.25) is 0 Å². The number of nitrogens with one attached hydrogen (secondary N) is 1. The maximum Gasteiger partial charge on any atom is 0.214 e. The molecule has 0 amide bonds. The molecule has 0 aliphatic heterocycles. The van der Waals surface area contributed by atoms with Crippen molar-refractivity contribution in [2.75, 3.05) is 6.54 Å². The first kappa shape index (κ1) is 9.03. The van der Waals surface area contributed by atoms with Crippen molar-refractivity contribution in [2.24, 2.45) is 0 Å². The number of hydrogen-bond acceptors (Lipinski definition) is 2. The van der Waals surface area contributed by atoms with Crippen LogP contribution < -0.4 is 4.72 Å². The third-order valence-electron chi connectivity index (χ3n) is 1.43. The monoisotopic (exact) mass is 195 g/mol. The third kappa shape index (κ3) is 2.81. The molecule has 3 nitrogen and oxygen atoms in total. The van der Waals surface area contributed by atoms with Crippen LogP contribution in [0.5, 0.6) is 0 Å². The van der Waals surface area contributed by atoms with Crippen LogP contribution in [0.3, 0.4) is 0 Å².